The van der Waals surface area contributed by atoms with Gasteiger partial charge in [0, 0.05) is 9.37 Å². The van der Waals surface area contributed by atoms with Crippen molar-refractivity contribution >= 4 is 44.7 Å². The first-order valence-corrected chi connectivity index (χ1v) is 7.71. The van der Waals surface area contributed by atoms with Gasteiger partial charge in [0.2, 0.25) is 5.95 Å². The summed E-state index contributed by atoms with van der Waals surface area (Å²) in [5.41, 5.74) is 8.06. The molecule has 3 aromatic rings. The number of hydrogen-bond acceptors (Lipinski definition) is 3. The molecule has 0 saturated carbocycles. The van der Waals surface area contributed by atoms with Gasteiger partial charge in [-0.25, -0.2) is 4.98 Å². The van der Waals surface area contributed by atoms with Gasteiger partial charge in [-0.3, -0.25) is 4.57 Å². The van der Waals surface area contributed by atoms with Crippen LogP contribution in [0.25, 0.3) is 16.7 Å². The minimum absolute atomic E-state index is 0.269. The van der Waals surface area contributed by atoms with E-state index in [4.69, 9.17) is 5.73 Å². The van der Waals surface area contributed by atoms with Crippen molar-refractivity contribution in [1.29, 1.82) is 0 Å². The van der Waals surface area contributed by atoms with Gasteiger partial charge in [0.05, 0.1) is 16.7 Å². The summed E-state index contributed by atoms with van der Waals surface area (Å²) in [7, 11) is 0. The number of imidazole rings is 1. The zero-order chi connectivity index (χ0) is 15.0. The van der Waals surface area contributed by atoms with E-state index in [1.807, 2.05) is 18.2 Å². The van der Waals surface area contributed by atoms with Gasteiger partial charge in [-0.2, -0.15) is 8.78 Å². The van der Waals surface area contributed by atoms with E-state index in [9.17, 15) is 8.78 Å². The standard InChI is InChI=1S/C14H10BrF2N3S/c15-8-5-6-9-11(7-8)20(14(18)19-9)10-3-1-2-4-12(10)21-13(16)17/h1-7,13H,(H2,18,19). The number of rotatable bonds is 3. The smallest absolute Gasteiger partial charge is 0.288 e. The molecule has 0 saturated heterocycles. The van der Waals surface area contributed by atoms with E-state index in [1.165, 1.54) is 0 Å². The second-order valence-electron chi connectivity index (χ2n) is 4.28. The highest BCUT2D eigenvalue weighted by Gasteiger charge is 2.16. The lowest BCUT2D eigenvalue weighted by molar-refractivity contribution is 0.252. The number of nitrogens with two attached hydrogens (primary N) is 1. The lowest BCUT2D eigenvalue weighted by atomic mass is 10.3. The number of fused-ring (bicyclic) bond motifs is 1. The van der Waals surface area contributed by atoms with Crippen LogP contribution in [0.15, 0.2) is 51.8 Å². The average Bonchev–Trinajstić information content (AvgIpc) is 2.74. The Balaban J connectivity index is 2.25. The summed E-state index contributed by atoms with van der Waals surface area (Å²) in [6.07, 6.45) is 0. The van der Waals surface area contributed by atoms with Crippen LogP contribution in [-0.2, 0) is 0 Å². The normalized spacial score (nSPS) is 11.4. The third-order valence-electron chi connectivity index (χ3n) is 2.96. The summed E-state index contributed by atoms with van der Waals surface area (Å²) >= 11 is 3.90. The minimum atomic E-state index is -2.49. The molecule has 2 aromatic carbocycles. The molecule has 0 radical (unpaired) electrons. The summed E-state index contributed by atoms with van der Waals surface area (Å²) in [6, 6.07) is 12.5. The van der Waals surface area contributed by atoms with Crippen molar-refractivity contribution in [2.45, 2.75) is 10.7 Å². The Morgan fingerprint density at radius 2 is 1.95 bits per heavy atom. The van der Waals surface area contributed by atoms with E-state index in [2.05, 4.69) is 20.9 Å². The van der Waals surface area contributed by atoms with Gasteiger partial charge in [-0.15, -0.1) is 0 Å². The number of alkyl halides is 2. The molecule has 0 aliphatic carbocycles. The molecule has 0 aliphatic heterocycles. The molecule has 108 valence electrons. The van der Waals surface area contributed by atoms with E-state index >= 15 is 0 Å². The van der Waals surface area contributed by atoms with Crippen molar-refractivity contribution in [2.75, 3.05) is 5.73 Å². The van der Waals surface area contributed by atoms with Gasteiger partial charge >= 0.3 is 0 Å². The van der Waals surface area contributed by atoms with Crippen LogP contribution >= 0.6 is 27.7 Å². The van der Waals surface area contributed by atoms with E-state index < -0.39 is 5.76 Å². The Kier molecular flexibility index (Phi) is 3.86. The van der Waals surface area contributed by atoms with Gasteiger partial charge in [0.25, 0.3) is 5.76 Å². The Morgan fingerprint density at radius 1 is 1.19 bits per heavy atom. The zero-order valence-electron chi connectivity index (χ0n) is 10.6. The number of para-hydroxylation sites is 1. The van der Waals surface area contributed by atoms with Crippen molar-refractivity contribution < 1.29 is 8.78 Å². The van der Waals surface area contributed by atoms with Crippen LogP contribution in [-0.4, -0.2) is 15.3 Å². The van der Waals surface area contributed by atoms with Gasteiger partial charge < -0.3 is 5.73 Å². The maximum atomic E-state index is 12.7. The first-order valence-electron chi connectivity index (χ1n) is 6.04. The van der Waals surface area contributed by atoms with E-state index in [-0.39, 0.29) is 5.95 Å². The van der Waals surface area contributed by atoms with Crippen LogP contribution in [0.3, 0.4) is 0 Å². The molecule has 1 aromatic heterocycles. The molecule has 0 fully saturated rings. The highest BCUT2D eigenvalue weighted by molar-refractivity contribution is 9.10. The molecule has 0 amide bonds. The predicted octanol–water partition coefficient (Wildman–Crippen LogP) is 4.68. The third kappa shape index (κ3) is 2.75. The van der Waals surface area contributed by atoms with Gasteiger partial charge in [-0.05, 0) is 30.3 Å². The van der Waals surface area contributed by atoms with Crippen molar-refractivity contribution in [3.8, 4) is 5.69 Å². The topological polar surface area (TPSA) is 43.8 Å². The minimum Gasteiger partial charge on any atom is -0.369 e. The number of hydrogen-bond donors (Lipinski definition) is 1. The second kappa shape index (κ2) is 5.65. The van der Waals surface area contributed by atoms with Crippen LogP contribution in [0.4, 0.5) is 14.7 Å². The summed E-state index contributed by atoms with van der Waals surface area (Å²) in [4.78, 5) is 4.73. The number of aromatic nitrogens is 2. The number of anilines is 1. The molecule has 0 spiro atoms. The number of nitrogen functional groups attached to an aromatic ring is 1. The molecule has 2 N–H and O–H groups in total. The number of benzene rings is 2. The molecular weight excluding hydrogens is 360 g/mol. The molecule has 1 heterocycles. The highest BCUT2D eigenvalue weighted by atomic mass is 79.9. The molecule has 0 aliphatic rings. The SMILES string of the molecule is Nc1nc2ccc(Br)cc2n1-c1ccccc1SC(F)F. The first kappa shape index (κ1) is 14.3. The number of halogens is 3. The van der Waals surface area contributed by atoms with Crippen molar-refractivity contribution in [3.05, 3.63) is 46.9 Å². The molecule has 7 heteroatoms. The van der Waals surface area contributed by atoms with Gasteiger partial charge in [0.1, 0.15) is 0 Å². The molecule has 0 bridgehead atoms. The summed E-state index contributed by atoms with van der Waals surface area (Å²) in [5.74, 6) is -2.22. The number of nitrogens with zero attached hydrogens (tertiary/aromatic N) is 2. The number of thioether (sulfide) groups is 1. The van der Waals surface area contributed by atoms with E-state index in [0.717, 1.165) is 9.99 Å². The fourth-order valence-electron chi connectivity index (χ4n) is 2.16. The highest BCUT2D eigenvalue weighted by Crippen LogP contribution is 2.34. The van der Waals surface area contributed by atoms with Crippen LogP contribution in [0.2, 0.25) is 0 Å². The van der Waals surface area contributed by atoms with Gasteiger partial charge in [0.15, 0.2) is 0 Å². The maximum Gasteiger partial charge on any atom is 0.288 e. The molecule has 3 rings (SSSR count). The largest absolute Gasteiger partial charge is 0.369 e. The van der Waals surface area contributed by atoms with Crippen molar-refractivity contribution in [3.63, 3.8) is 0 Å². The first-order chi connectivity index (χ1) is 10.1. The van der Waals surface area contributed by atoms with Crippen molar-refractivity contribution in [1.82, 2.24) is 9.55 Å². The van der Waals surface area contributed by atoms with Crippen LogP contribution in [0.1, 0.15) is 0 Å². The fourth-order valence-corrected chi connectivity index (χ4v) is 3.14. The van der Waals surface area contributed by atoms with Gasteiger partial charge in [-0.1, -0.05) is 39.8 Å². The Bertz CT molecular complexity index is 804. The monoisotopic (exact) mass is 369 g/mol. The fraction of sp³-hybridized carbons (Fsp3) is 0.0714. The lowest BCUT2D eigenvalue weighted by Gasteiger charge is -2.12. The second-order valence-corrected chi connectivity index (χ2v) is 6.23. The predicted molar refractivity (Wildman–Crippen MR) is 85.0 cm³/mol. The quantitative estimate of drug-likeness (QED) is 0.681. The van der Waals surface area contributed by atoms with E-state index in [0.29, 0.717) is 27.9 Å². The molecule has 0 atom stereocenters. The Labute approximate surface area is 132 Å². The summed E-state index contributed by atoms with van der Waals surface area (Å²) < 4.78 is 28.0. The van der Waals surface area contributed by atoms with Crippen molar-refractivity contribution in [2.24, 2.45) is 0 Å². The maximum absolute atomic E-state index is 12.7. The third-order valence-corrected chi connectivity index (χ3v) is 4.24. The Hall–Kier alpha value is -1.60. The average molecular weight is 370 g/mol. The molecule has 0 unspecified atom stereocenters. The summed E-state index contributed by atoms with van der Waals surface area (Å²) in [6.45, 7) is 0. The zero-order valence-corrected chi connectivity index (χ0v) is 13.0. The summed E-state index contributed by atoms with van der Waals surface area (Å²) in [5, 5.41) is 0. The molecule has 21 heavy (non-hydrogen) atoms. The molecular formula is C14H10BrF2N3S. The van der Waals surface area contributed by atoms with Crippen LogP contribution < -0.4 is 5.73 Å². The van der Waals surface area contributed by atoms with Crippen LogP contribution in [0.5, 0.6) is 0 Å². The molecule has 3 nitrogen and oxygen atoms in total. The lowest BCUT2D eigenvalue weighted by Crippen LogP contribution is -2.02. The Morgan fingerprint density at radius 3 is 2.71 bits per heavy atom. The van der Waals surface area contributed by atoms with Crippen LogP contribution in [0, 0.1) is 0 Å². The van der Waals surface area contributed by atoms with E-state index in [1.54, 1.807) is 28.8 Å².